The van der Waals surface area contributed by atoms with Crippen LogP contribution in [-0.4, -0.2) is 17.4 Å². The molecule has 1 atom stereocenters. The molecular weight excluding hydrogens is 289 g/mol. The second kappa shape index (κ2) is 5.84. The minimum atomic E-state index is -0.245. The fourth-order valence-electron chi connectivity index (χ4n) is 2.43. The smallest absolute Gasteiger partial charge is 0.123 e. The summed E-state index contributed by atoms with van der Waals surface area (Å²) < 4.78 is 12.9. The highest BCUT2D eigenvalue weighted by Gasteiger charge is 2.25. The van der Waals surface area contributed by atoms with Gasteiger partial charge in [-0.1, -0.05) is 41.9 Å². The zero-order valence-corrected chi connectivity index (χ0v) is 12.1. The largest absolute Gasteiger partial charge is 0.296 e. The Balaban J connectivity index is 1.81. The number of aliphatic imine (C=N–C) groups is 1. The summed E-state index contributed by atoms with van der Waals surface area (Å²) in [6.45, 7) is 0.597. The van der Waals surface area contributed by atoms with E-state index in [1.165, 1.54) is 12.1 Å². The second-order valence-electron chi connectivity index (χ2n) is 5.04. The Labute approximate surface area is 127 Å². The summed E-state index contributed by atoms with van der Waals surface area (Å²) in [5.74, 6) is 6.56. The van der Waals surface area contributed by atoms with Crippen molar-refractivity contribution in [1.82, 2.24) is 5.01 Å². The van der Waals surface area contributed by atoms with Gasteiger partial charge in [-0.15, -0.1) is 0 Å². The Kier molecular flexibility index (Phi) is 3.90. The maximum absolute atomic E-state index is 12.9. The summed E-state index contributed by atoms with van der Waals surface area (Å²) in [6, 6.07) is 14.0. The first-order valence-electron chi connectivity index (χ1n) is 6.71. The summed E-state index contributed by atoms with van der Waals surface area (Å²) in [6.07, 6.45) is 0.581. The quantitative estimate of drug-likeness (QED) is 0.884. The molecule has 3 rings (SSSR count). The molecule has 2 N–H and O–H groups in total. The van der Waals surface area contributed by atoms with Gasteiger partial charge in [0.2, 0.25) is 0 Å². The summed E-state index contributed by atoms with van der Waals surface area (Å²) >= 11 is 6.21. The number of rotatable bonds is 3. The van der Waals surface area contributed by atoms with Crippen LogP contribution < -0.4 is 5.84 Å². The molecule has 1 heterocycles. The highest BCUT2D eigenvalue weighted by Crippen LogP contribution is 2.29. The van der Waals surface area contributed by atoms with Crippen molar-refractivity contribution in [2.75, 3.05) is 6.54 Å². The van der Waals surface area contributed by atoms with E-state index < -0.39 is 0 Å². The molecule has 0 saturated heterocycles. The average Bonchev–Trinajstić information content (AvgIpc) is 2.83. The molecule has 0 radical (unpaired) electrons. The average molecular weight is 304 g/mol. The van der Waals surface area contributed by atoms with Gasteiger partial charge in [-0.2, -0.15) is 0 Å². The molecule has 2 aromatic rings. The van der Waals surface area contributed by atoms with Crippen LogP contribution in [0.4, 0.5) is 4.39 Å². The van der Waals surface area contributed by atoms with E-state index in [9.17, 15) is 4.39 Å². The van der Waals surface area contributed by atoms with Crippen LogP contribution in [-0.2, 0) is 6.42 Å². The molecule has 0 bridgehead atoms. The molecule has 5 heteroatoms. The lowest BCUT2D eigenvalue weighted by atomic mass is 10.1. The van der Waals surface area contributed by atoms with Gasteiger partial charge in [-0.05, 0) is 29.3 Å². The summed E-state index contributed by atoms with van der Waals surface area (Å²) in [7, 11) is 0. The molecule has 0 aliphatic carbocycles. The normalized spacial score (nSPS) is 18.0. The van der Waals surface area contributed by atoms with Crippen molar-refractivity contribution < 1.29 is 4.39 Å². The Morgan fingerprint density at radius 1 is 1.19 bits per heavy atom. The number of amidine groups is 1. The van der Waals surface area contributed by atoms with Crippen LogP contribution in [0.1, 0.15) is 17.2 Å². The van der Waals surface area contributed by atoms with Gasteiger partial charge in [-0.3, -0.25) is 10.0 Å². The van der Waals surface area contributed by atoms with E-state index in [1.807, 2.05) is 24.3 Å². The van der Waals surface area contributed by atoms with Crippen LogP contribution in [0.25, 0.3) is 0 Å². The monoisotopic (exact) mass is 303 g/mol. The van der Waals surface area contributed by atoms with E-state index in [0.29, 0.717) is 18.0 Å². The first-order valence-corrected chi connectivity index (χ1v) is 7.09. The van der Waals surface area contributed by atoms with Gasteiger partial charge >= 0.3 is 0 Å². The third-order valence-corrected chi connectivity index (χ3v) is 3.89. The van der Waals surface area contributed by atoms with Crippen molar-refractivity contribution in [2.24, 2.45) is 10.8 Å². The molecule has 0 spiro atoms. The fourth-order valence-corrected chi connectivity index (χ4v) is 2.69. The first kappa shape index (κ1) is 14.0. The van der Waals surface area contributed by atoms with E-state index in [2.05, 4.69) is 4.99 Å². The molecular formula is C16H15ClFN3. The minimum Gasteiger partial charge on any atom is -0.296 e. The van der Waals surface area contributed by atoms with Gasteiger partial charge in [0.25, 0.3) is 0 Å². The third kappa shape index (κ3) is 3.06. The van der Waals surface area contributed by atoms with E-state index in [0.717, 1.165) is 17.0 Å². The molecule has 3 nitrogen and oxygen atoms in total. The van der Waals surface area contributed by atoms with Crippen LogP contribution in [0.3, 0.4) is 0 Å². The lowest BCUT2D eigenvalue weighted by Crippen LogP contribution is -2.35. The number of hydrogen-bond acceptors (Lipinski definition) is 3. The van der Waals surface area contributed by atoms with Crippen LogP contribution >= 0.6 is 11.6 Å². The highest BCUT2D eigenvalue weighted by atomic mass is 35.5. The van der Waals surface area contributed by atoms with Crippen molar-refractivity contribution in [2.45, 2.75) is 12.5 Å². The van der Waals surface area contributed by atoms with Crippen LogP contribution in [0, 0.1) is 5.82 Å². The summed E-state index contributed by atoms with van der Waals surface area (Å²) in [5, 5.41) is 2.33. The number of hydrogen-bond donors (Lipinski definition) is 1. The van der Waals surface area contributed by atoms with Crippen molar-refractivity contribution in [3.8, 4) is 0 Å². The van der Waals surface area contributed by atoms with Gasteiger partial charge in [-0.25, -0.2) is 10.2 Å². The van der Waals surface area contributed by atoms with Crippen molar-refractivity contribution in [1.29, 1.82) is 0 Å². The molecule has 108 valence electrons. The number of nitrogens with zero attached hydrogens (tertiary/aromatic N) is 2. The molecule has 1 aliphatic rings. The van der Waals surface area contributed by atoms with Crippen LogP contribution in [0.15, 0.2) is 53.5 Å². The molecule has 0 fully saturated rings. The van der Waals surface area contributed by atoms with Gasteiger partial charge in [0.15, 0.2) is 0 Å². The number of hydrazine groups is 1. The Bertz CT molecular complexity index is 669. The number of nitrogens with two attached hydrogens (primary N) is 1. The molecule has 2 aromatic carbocycles. The molecule has 1 aliphatic heterocycles. The first-order chi connectivity index (χ1) is 10.1. The zero-order chi connectivity index (χ0) is 14.8. The molecule has 0 aromatic heterocycles. The van der Waals surface area contributed by atoms with Gasteiger partial charge in [0.1, 0.15) is 11.7 Å². The fraction of sp³-hybridized carbons (Fsp3) is 0.188. The van der Waals surface area contributed by atoms with E-state index >= 15 is 0 Å². The Morgan fingerprint density at radius 3 is 2.62 bits per heavy atom. The van der Waals surface area contributed by atoms with Crippen molar-refractivity contribution >= 4 is 17.4 Å². The highest BCUT2D eigenvalue weighted by molar-refractivity contribution is 6.31. The lowest BCUT2D eigenvalue weighted by Gasteiger charge is -2.14. The Morgan fingerprint density at radius 2 is 1.90 bits per heavy atom. The van der Waals surface area contributed by atoms with Crippen LogP contribution in [0.2, 0.25) is 5.02 Å². The number of benzene rings is 2. The third-order valence-electron chi connectivity index (χ3n) is 3.55. The maximum Gasteiger partial charge on any atom is 0.123 e. The van der Waals surface area contributed by atoms with Crippen molar-refractivity contribution in [3.05, 3.63) is 70.5 Å². The predicted molar refractivity (Wildman–Crippen MR) is 82.6 cm³/mol. The molecule has 0 saturated carbocycles. The topological polar surface area (TPSA) is 41.6 Å². The van der Waals surface area contributed by atoms with Gasteiger partial charge < -0.3 is 0 Å². The van der Waals surface area contributed by atoms with Crippen LogP contribution in [0.5, 0.6) is 0 Å². The maximum atomic E-state index is 12.9. The van der Waals surface area contributed by atoms with E-state index in [1.54, 1.807) is 17.1 Å². The summed E-state index contributed by atoms with van der Waals surface area (Å²) in [4.78, 5) is 4.66. The summed E-state index contributed by atoms with van der Waals surface area (Å²) in [5.41, 5.74) is 1.95. The van der Waals surface area contributed by atoms with E-state index in [-0.39, 0.29) is 11.9 Å². The Hall–Kier alpha value is -1.91. The lowest BCUT2D eigenvalue weighted by molar-refractivity contribution is 0.443. The van der Waals surface area contributed by atoms with Gasteiger partial charge in [0.05, 0.1) is 12.6 Å². The predicted octanol–water partition coefficient (Wildman–Crippen LogP) is 3.35. The molecule has 0 amide bonds. The SMILES string of the molecule is NN1CC(c2ccccc2Cl)N=C1Cc1ccc(F)cc1. The van der Waals surface area contributed by atoms with Crippen molar-refractivity contribution in [3.63, 3.8) is 0 Å². The second-order valence-corrected chi connectivity index (χ2v) is 5.45. The standard InChI is InChI=1S/C16H15ClFN3/c17-14-4-2-1-3-13(14)15-10-21(19)16(20-15)9-11-5-7-12(18)8-6-11/h1-8,15H,9-10,19H2. The van der Waals surface area contributed by atoms with Gasteiger partial charge in [0, 0.05) is 11.4 Å². The zero-order valence-electron chi connectivity index (χ0n) is 11.3. The molecule has 21 heavy (non-hydrogen) atoms. The molecule has 1 unspecified atom stereocenters. The number of halogens is 2. The minimum absolute atomic E-state index is 0.0563. The van der Waals surface area contributed by atoms with E-state index in [4.69, 9.17) is 17.4 Å².